The lowest BCUT2D eigenvalue weighted by molar-refractivity contribution is -0.141. The Balaban J connectivity index is 2.11. The summed E-state index contributed by atoms with van der Waals surface area (Å²) in [6.07, 6.45) is -0.916. The molecule has 0 fully saturated rings. The maximum Gasteiger partial charge on any atom is 0.337 e. The topological polar surface area (TPSA) is 102 Å². The first kappa shape index (κ1) is 25.5. The summed E-state index contributed by atoms with van der Waals surface area (Å²) in [5.74, 6) is -1.75. The Morgan fingerprint density at radius 3 is 1.53 bits per heavy atom. The van der Waals surface area contributed by atoms with Crippen LogP contribution in [0.4, 0.5) is 0 Å². The Kier molecular flexibility index (Phi) is 8.53. The lowest BCUT2D eigenvalue weighted by Crippen LogP contribution is -2.53. The predicted molar refractivity (Wildman–Crippen MR) is 130 cm³/mol. The summed E-state index contributed by atoms with van der Waals surface area (Å²) in [7, 11) is -1.24. The third-order valence-corrected chi connectivity index (χ3v) is 7.52. The summed E-state index contributed by atoms with van der Waals surface area (Å²) in [6, 6.07) is 27.1. The molecule has 0 bridgehead atoms. The highest BCUT2D eigenvalue weighted by atomic mass is 31.2. The highest BCUT2D eigenvalue weighted by Gasteiger charge is 2.41. The Morgan fingerprint density at radius 1 is 0.824 bits per heavy atom. The smallest absolute Gasteiger partial charge is 0.337 e. The van der Waals surface area contributed by atoms with Gasteiger partial charge in [0.15, 0.2) is 0 Å². The van der Waals surface area contributed by atoms with Gasteiger partial charge >= 0.3 is 13.6 Å². The molecule has 2 N–H and O–H groups in total. The Morgan fingerprint density at radius 2 is 1.21 bits per heavy atom. The summed E-state index contributed by atoms with van der Waals surface area (Å²) in [6.45, 7) is 0. The van der Waals surface area contributed by atoms with Crippen LogP contribution in [0.3, 0.4) is 0 Å². The fraction of sp³-hybridized carbons (Fsp3) is 0.231. The molecule has 0 aliphatic rings. The third-order valence-electron chi connectivity index (χ3n) is 5.67. The number of carbonyl (C=O) groups is 2. The van der Waals surface area contributed by atoms with Crippen molar-refractivity contribution in [2.24, 2.45) is 0 Å². The molecule has 7 nitrogen and oxygen atoms in total. The molecular formula is C26H28NO6P. The van der Waals surface area contributed by atoms with E-state index in [9.17, 15) is 19.3 Å². The number of hydrogen-bond acceptors (Lipinski definition) is 6. The van der Waals surface area contributed by atoms with Crippen LogP contribution in [0.1, 0.15) is 23.1 Å². The third kappa shape index (κ3) is 5.69. The van der Waals surface area contributed by atoms with Crippen molar-refractivity contribution < 1.29 is 28.3 Å². The van der Waals surface area contributed by atoms with Crippen LogP contribution in [0.5, 0.6) is 0 Å². The fourth-order valence-electron chi connectivity index (χ4n) is 3.99. The molecule has 3 aromatic rings. The zero-order valence-corrected chi connectivity index (χ0v) is 20.0. The number of Topliss-reactive ketones (excluding diaryl/α,β-unsaturated/α-hetero) is 1. The van der Waals surface area contributed by atoms with E-state index in [1.54, 1.807) is 0 Å². The van der Waals surface area contributed by atoms with Gasteiger partial charge < -0.3 is 14.2 Å². The molecule has 0 saturated heterocycles. The lowest BCUT2D eigenvalue weighted by Gasteiger charge is -2.39. The van der Waals surface area contributed by atoms with Crippen molar-refractivity contribution in [2.75, 3.05) is 20.4 Å². The van der Waals surface area contributed by atoms with E-state index < -0.39 is 43.5 Å². The van der Waals surface area contributed by atoms with Crippen LogP contribution in [0, 0.1) is 0 Å². The molecule has 0 aliphatic carbocycles. The van der Waals surface area contributed by atoms with Crippen LogP contribution in [0.25, 0.3) is 0 Å². The van der Waals surface area contributed by atoms with Gasteiger partial charge in [-0.1, -0.05) is 91.0 Å². The number of carbonyl (C=O) groups excluding carboxylic acids is 1. The monoisotopic (exact) mass is 481 g/mol. The van der Waals surface area contributed by atoms with Crippen molar-refractivity contribution in [2.45, 2.75) is 18.0 Å². The van der Waals surface area contributed by atoms with Crippen LogP contribution in [-0.4, -0.2) is 43.3 Å². The first-order chi connectivity index (χ1) is 16.3. The molecule has 1 atom stereocenters. The van der Waals surface area contributed by atoms with Crippen LogP contribution in [0.2, 0.25) is 0 Å². The average molecular weight is 481 g/mol. The van der Waals surface area contributed by atoms with Crippen molar-refractivity contribution in [1.29, 1.82) is 0 Å². The number of benzene rings is 3. The van der Waals surface area contributed by atoms with Gasteiger partial charge in [0.25, 0.3) is 0 Å². The van der Waals surface area contributed by atoms with Crippen molar-refractivity contribution in [3.05, 3.63) is 108 Å². The quantitative estimate of drug-likeness (QED) is 0.291. The lowest BCUT2D eigenvalue weighted by atomic mass is 9.76. The number of ketones is 1. The van der Waals surface area contributed by atoms with E-state index in [2.05, 4.69) is 5.32 Å². The minimum atomic E-state index is -3.62. The summed E-state index contributed by atoms with van der Waals surface area (Å²) in [5.41, 5.74) is 1.36. The Labute approximate surface area is 199 Å². The van der Waals surface area contributed by atoms with Gasteiger partial charge in [-0.25, -0.2) is 0 Å². The summed E-state index contributed by atoms with van der Waals surface area (Å²) >= 11 is 0. The zero-order valence-electron chi connectivity index (χ0n) is 19.1. The molecule has 0 aromatic heterocycles. The molecule has 0 radical (unpaired) electrons. The van der Waals surface area contributed by atoms with E-state index >= 15 is 0 Å². The van der Waals surface area contributed by atoms with Gasteiger partial charge in [-0.2, -0.15) is 0 Å². The van der Waals surface area contributed by atoms with Gasteiger partial charge in [0.1, 0.15) is 18.0 Å². The normalized spacial score (nSPS) is 12.8. The number of rotatable bonds is 12. The van der Waals surface area contributed by atoms with Crippen molar-refractivity contribution in [1.82, 2.24) is 5.32 Å². The second-order valence-corrected chi connectivity index (χ2v) is 10.0. The highest BCUT2D eigenvalue weighted by Crippen LogP contribution is 2.46. The summed E-state index contributed by atoms with van der Waals surface area (Å²) < 4.78 is 22.1. The summed E-state index contributed by atoms with van der Waals surface area (Å²) in [5, 5.41) is 13.4. The second-order valence-electron chi connectivity index (χ2n) is 7.76. The molecule has 0 amide bonds. The number of nitrogens with one attached hydrogen (secondary N) is 1. The predicted octanol–water partition coefficient (Wildman–Crippen LogP) is 4.47. The molecule has 178 valence electrons. The fourth-order valence-corrected chi connectivity index (χ4v) is 4.96. The minimum absolute atomic E-state index is 0.402. The molecule has 0 spiro atoms. The van der Waals surface area contributed by atoms with E-state index in [1.165, 1.54) is 14.2 Å². The number of aliphatic carboxylic acids is 1. The van der Waals surface area contributed by atoms with Gasteiger partial charge in [0, 0.05) is 20.6 Å². The van der Waals surface area contributed by atoms with Crippen LogP contribution < -0.4 is 5.32 Å². The van der Waals surface area contributed by atoms with E-state index in [0.29, 0.717) is 0 Å². The zero-order chi connectivity index (χ0) is 24.6. The van der Waals surface area contributed by atoms with Crippen molar-refractivity contribution in [3.63, 3.8) is 0 Å². The van der Waals surface area contributed by atoms with E-state index in [1.807, 2.05) is 91.0 Å². The highest BCUT2D eigenvalue weighted by molar-refractivity contribution is 7.54. The maximum absolute atomic E-state index is 12.8. The second kappa shape index (κ2) is 11.4. The van der Waals surface area contributed by atoms with Crippen LogP contribution in [-0.2, 0) is 28.7 Å². The number of carboxylic acids is 1. The van der Waals surface area contributed by atoms with Crippen molar-refractivity contribution >= 4 is 19.3 Å². The van der Waals surface area contributed by atoms with Gasteiger partial charge in [0.05, 0.1) is 5.54 Å². The molecule has 3 aromatic carbocycles. The number of hydrogen-bond donors (Lipinski definition) is 2. The average Bonchev–Trinajstić information content (AvgIpc) is 2.88. The van der Waals surface area contributed by atoms with Crippen LogP contribution in [0.15, 0.2) is 91.0 Å². The Bertz CT molecular complexity index is 1030. The van der Waals surface area contributed by atoms with E-state index in [4.69, 9.17) is 9.05 Å². The molecule has 0 saturated carbocycles. The molecular weight excluding hydrogens is 453 g/mol. The van der Waals surface area contributed by atoms with Crippen LogP contribution >= 0.6 is 7.60 Å². The molecule has 0 aliphatic heterocycles. The van der Waals surface area contributed by atoms with Gasteiger partial charge in [-0.05, 0) is 16.7 Å². The minimum Gasteiger partial charge on any atom is -0.480 e. The molecule has 3 rings (SSSR count). The SMILES string of the molecule is COP(=O)(CC(=O)CC(NC(c1ccccc1)(c1ccccc1)c1ccccc1)C(=O)O)OC. The maximum atomic E-state index is 12.8. The van der Waals surface area contributed by atoms with E-state index in [0.717, 1.165) is 16.7 Å². The largest absolute Gasteiger partial charge is 0.480 e. The first-order valence-corrected chi connectivity index (χ1v) is 12.5. The standard InChI is InChI=1S/C26H28NO6P/c1-32-34(31,33-2)19-23(28)18-24(25(29)30)27-26(20-12-6-3-7-13-20,21-14-8-4-9-15-21)22-16-10-5-11-17-22/h3-17,24,27H,18-19H2,1-2H3,(H,29,30). The molecule has 0 heterocycles. The first-order valence-electron chi connectivity index (χ1n) is 10.7. The molecule has 1 unspecified atom stereocenters. The van der Waals surface area contributed by atoms with Crippen molar-refractivity contribution in [3.8, 4) is 0 Å². The molecule has 34 heavy (non-hydrogen) atoms. The number of carboxylic acid groups (broad SMARTS) is 1. The van der Waals surface area contributed by atoms with E-state index in [-0.39, 0.29) is 0 Å². The van der Waals surface area contributed by atoms with Gasteiger partial charge in [-0.3, -0.25) is 19.5 Å². The van der Waals surface area contributed by atoms with Gasteiger partial charge in [-0.15, -0.1) is 0 Å². The van der Waals surface area contributed by atoms with Gasteiger partial charge in [0.2, 0.25) is 0 Å². The molecule has 8 heteroatoms. The Hall–Kier alpha value is -3.09. The summed E-state index contributed by atoms with van der Waals surface area (Å²) in [4.78, 5) is 25.1.